The minimum Gasteiger partial charge on any atom is -0.310 e. The molecule has 0 aliphatic heterocycles. The summed E-state index contributed by atoms with van der Waals surface area (Å²) in [7, 11) is 0. The van der Waals surface area contributed by atoms with Crippen molar-refractivity contribution in [1.29, 1.82) is 0 Å². The Balaban J connectivity index is 0.818. The second-order valence-corrected chi connectivity index (χ2v) is 23.6. The SMILES string of the molecule is c1ccc(-c2cc(-c3ccccc3)cc(-c3cccc(-c4nc(-c5cccc(-n6c7ccccc7c7cc(N(c8ccccc8)c8ccccc8)ccc76)c5)nc(-c5cccc(-n6c7ccccc7c7cc(N(c8ccccc8)c8ccccc8)ccc76)c5)n4)c3)c2)cc1. The zero-order valence-corrected chi connectivity index (χ0v) is 51.2. The monoisotopic (exact) mass is 1200 g/mol. The first kappa shape index (κ1) is 55.4. The molecule has 17 rings (SSSR count). The molecule has 3 aromatic heterocycles. The second kappa shape index (κ2) is 23.9. The van der Waals surface area contributed by atoms with Crippen molar-refractivity contribution in [2.45, 2.75) is 0 Å². The van der Waals surface area contributed by atoms with Crippen molar-refractivity contribution < 1.29 is 0 Å². The Hall–Kier alpha value is -12.7. The van der Waals surface area contributed by atoms with Crippen LogP contribution in [0, 0.1) is 0 Å². The molecule has 0 radical (unpaired) electrons. The van der Waals surface area contributed by atoms with E-state index in [0.29, 0.717) is 17.5 Å². The largest absolute Gasteiger partial charge is 0.310 e. The average molecular weight is 1200 g/mol. The van der Waals surface area contributed by atoms with Gasteiger partial charge in [0.25, 0.3) is 0 Å². The number of benzene rings is 14. The summed E-state index contributed by atoms with van der Waals surface area (Å²) in [5, 5.41) is 4.61. The van der Waals surface area contributed by atoms with Gasteiger partial charge in [-0.15, -0.1) is 0 Å². The van der Waals surface area contributed by atoms with Gasteiger partial charge >= 0.3 is 0 Å². The Labute approximate surface area is 545 Å². The standard InChI is InChI=1S/C87H59N7/c1-7-26-60(27-8-1)66-53-67(61-28-9-2-10-29-61)55-68(54-66)62-30-23-31-63(52-62)85-88-86(64-32-24-42-73(56-64)93-81-46-21-19-44-77(81)79-58-75(48-50-83(79)93)91(69-34-11-3-12-35-69)70-36-13-4-14-37-70)90-87(89-85)65-33-25-43-74(57-65)94-82-47-22-20-45-78(82)80-59-76(49-51-84(80)94)92(71-38-15-5-16-39-71)72-40-17-6-18-41-72/h1-59H. The van der Waals surface area contributed by atoms with Crippen LogP contribution in [0.5, 0.6) is 0 Å². The van der Waals surface area contributed by atoms with Gasteiger partial charge in [-0.25, -0.2) is 15.0 Å². The number of anilines is 6. The molecule has 94 heavy (non-hydrogen) atoms. The zero-order valence-electron chi connectivity index (χ0n) is 51.2. The summed E-state index contributed by atoms with van der Waals surface area (Å²) < 4.78 is 4.73. The van der Waals surface area contributed by atoms with Gasteiger partial charge < -0.3 is 18.9 Å². The van der Waals surface area contributed by atoms with Gasteiger partial charge in [-0.2, -0.15) is 0 Å². The van der Waals surface area contributed by atoms with Gasteiger partial charge in [0.1, 0.15) is 0 Å². The predicted molar refractivity (Wildman–Crippen MR) is 390 cm³/mol. The van der Waals surface area contributed by atoms with Crippen molar-refractivity contribution in [1.82, 2.24) is 24.1 Å². The molecule has 0 fully saturated rings. The molecule has 14 aromatic carbocycles. The fourth-order valence-electron chi connectivity index (χ4n) is 13.5. The van der Waals surface area contributed by atoms with Gasteiger partial charge in [0.2, 0.25) is 0 Å². The predicted octanol–water partition coefficient (Wildman–Crippen LogP) is 23.0. The average Bonchev–Trinajstić information content (AvgIpc) is 1.59. The molecular weight excluding hydrogens is 1140 g/mol. The molecule has 7 nitrogen and oxygen atoms in total. The van der Waals surface area contributed by atoms with Gasteiger partial charge in [-0.05, 0) is 179 Å². The van der Waals surface area contributed by atoms with Gasteiger partial charge in [-0.1, -0.05) is 212 Å². The second-order valence-electron chi connectivity index (χ2n) is 23.6. The van der Waals surface area contributed by atoms with E-state index >= 15 is 0 Å². The van der Waals surface area contributed by atoms with E-state index in [1.165, 1.54) is 0 Å². The van der Waals surface area contributed by atoms with Crippen LogP contribution in [0.15, 0.2) is 358 Å². The molecule has 0 atom stereocenters. The Morgan fingerprint density at radius 3 is 0.862 bits per heavy atom. The highest BCUT2D eigenvalue weighted by atomic mass is 15.2. The minimum absolute atomic E-state index is 0.560. The summed E-state index contributed by atoms with van der Waals surface area (Å²) >= 11 is 0. The number of fused-ring (bicyclic) bond motifs is 6. The van der Waals surface area contributed by atoms with E-state index in [-0.39, 0.29) is 0 Å². The first-order valence-electron chi connectivity index (χ1n) is 31.8. The lowest BCUT2D eigenvalue weighted by molar-refractivity contribution is 1.07. The van der Waals surface area contributed by atoms with Gasteiger partial charge in [-0.3, -0.25) is 0 Å². The number of rotatable bonds is 14. The van der Waals surface area contributed by atoms with E-state index in [1.54, 1.807) is 0 Å². The Morgan fingerprint density at radius 2 is 0.468 bits per heavy atom. The number of para-hydroxylation sites is 6. The molecule has 0 aliphatic carbocycles. The van der Waals surface area contributed by atoms with Gasteiger partial charge in [0.05, 0.1) is 22.1 Å². The lowest BCUT2D eigenvalue weighted by Crippen LogP contribution is -2.09. The van der Waals surface area contributed by atoms with Crippen LogP contribution in [-0.4, -0.2) is 24.1 Å². The van der Waals surface area contributed by atoms with Crippen molar-refractivity contribution >= 4 is 77.7 Å². The molecule has 0 saturated heterocycles. The lowest BCUT2D eigenvalue weighted by atomic mass is 9.93. The van der Waals surface area contributed by atoms with Crippen LogP contribution in [0.25, 0.3) is 123 Å². The molecular formula is C87H59N7. The number of hydrogen-bond donors (Lipinski definition) is 0. The highest BCUT2D eigenvalue weighted by Crippen LogP contribution is 2.43. The first-order chi connectivity index (χ1) is 46.6. The molecule has 442 valence electrons. The molecule has 0 bridgehead atoms. The molecule has 0 N–H and O–H groups in total. The van der Waals surface area contributed by atoms with Crippen LogP contribution in [0.3, 0.4) is 0 Å². The van der Waals surface area contributed by atoms with Gasteiger partial charge in [0, 0.05) is 83.7 Å². The third-order valence-electron chi connectivity index (χ3n) is 17.8. The summed E-state index contributed by atoms with van der Waals surface area (Å²) in [5.74, 6) is 1.69. The summed E-state index contributed by atoms with van der Waals surface area (Å²) in [6.07, 6.45) is 0. The highest BCUT2D eigenvalue weighted by molar-refractivity contribution is 6.12. The normalized spacial score (nSPS) is 11.4. The molecule has 0 saturated carbocycles. The van der Waals surface area contributed by atoms with Crippen molar-refractivity contribution in [3.8, 4) is 78.9 Å². The maximum absolute atomic E-state index is 5.49. The van der Waals surface area contributed by atoms with E-state index in [9.17, 15) is 0 Å². The van der Waals surface area contributed by atoms with Gasteiger partial charge in [0.15, 0.2) is 17.5 Å². The van der Waals surface area contributed by atoms with E-state index < -0.39 is 0 Å². The fraction of sp³-hybridized carbons (Fsp3) is 0. The van der Waals surface area contributed by atoms with Crippen LogP contribution < -0.4 is 9.80 Å². The molecule has 0 amide bonds. The van der Waals surface area contributed by atoms with Crippen molar-refractivity contribution in [3.63, 3.8) is 0 Å². The molecule has 3 heterocycles. The summed E-state index contributed by atoms with van der Waals surface area (Å²) in [5.41, 5.74) is 22.2. The van der Waals surface area contributed by atoms with Crippen molar-refractivity contribution in [2.75, 3.05) is 9.80 Å². The van der Waals surface area contributed by atoms with Crippen molar-refractivity contribution in [3.05, 3.63) is 358 Å². The molecule has 17 aromatic rings. The summed E-state index contributed by atoms with van der Waals surface area (Å²) in [6, 6.07) is 127. The molecule has 0 unspecified atom stereocenters. The summed E-state index contributed by atoms with van der Waals surface area (Å²) in [4.78, 5) is 21.1. The summed E-state index contributed by atoms with van der Waals surface area (Å²) in [6.45, 7) is 0. The van der Waals surface area contributed by atoms with Crippen LogP contribution in [0.4, 0.5) is 34.1 Å². The van der Waals surface area contributed by atoms with E-state index in [1.807, 2.05) is 0 Å². The first-order valence-corrected chi connectivity index (χ1v) is 31.8. The highest BCUT2D eigenvalue weighted by Gasteiger charge is 2.22. The Morgan fingerprint density at radius 1 is 0.181 bits per heavy atom. The number of nitrogens with zero attached hydrogens (tertiary/aromatic N) is 7. The molecule has 0 aliphatic rings. The molecule has 0 spiro atoms. The van der Waals surface area contributed by atoms with Crippen LogP contribution in [-0.2, 0) is 0 Å². The maximum atomic E-state index is 5.49. The minimum atomic E-state index is 0.560. The topological polar surface area (TPSA) is 55.0 Å². The number of aromatic nitrogens is 5. The maximum Gasteiger partial charge on any atom is 0.164 e. The van der Waals surface area contributed by atoms with E-state index in [0.717, 1.165) is 139 Å². The Bertz CT molecular complexity index is 5210. The van der Waals surface area contributed by atoms with E-state index in [4.69, 9.17) is 15.0 Å². The zero-order chi connectivity index (χ0) is 62.3. The quantitative estimate of drug-likeness (QED) is 0.109. The lowest BCUT2D eigenvalue weighted by Gasteiger charge is -2.25. The smallest absolute Gasteiger partial charge is 0.164 e. The molecule has 7 heteroatoms. The third kappa shape index (κ3) is 10.3. The number of hydrogen-bond acceptors (Lipinski definition) is 5. The van der Waals surface area contributed by atoms with Crippen LogP contribution in [0.1, 0.15) is 0 Å². The van der Waals surface area contributed by atoms with Crippen molar-refractivity contribution in [2.24, 2.45) is 0 Å². The Kier molecular flexibility index (Phi) is 14.1. The third-order valence-corrected chi connectivity index (χ3v) is 17.8. The van der Waals surface area contributed by atoms with E-state index in [2.05, 4.69) is 377 Å². The van der Waals surface area contributed by atoms with Crippen LogP contribution >= 0.6 is 0 Å². The fourth-order valence-corrected chi connectivity index (χ4v) is 13.5. The van der Waals surface area contributed by atoms with Crippen LogP contribution in [0.2, 0.25) is 0 Å².